The average molecular weight is 526 g/mol. The van der Waals surface area contributed by atoms with E-state index in [-0.39, 0.29) is 48.4 Å². The molecule has 2 aliphatic rings. The Hall–Kier alpha value is -2.48. The van der Waals surface area contributed by atoms with Gasteiger partial charge in [-0.1, -0.05) is 11.6 Å². The number of hydrogen-bond donors (Lipinski definition) is 1. The maximum Gasteiger partial charge on any atom is 0.415 e. The van der Waals surface area contributed by atoms with Crippen LogP contribution < -0.4 is 9.21 Å². The zero-order valence-corrected chi connectivity index (χ0v) is 18.8. The number of pyridine rings is 1. The van der Waals surface area contributed by atoms with E-state index in [9.17, 15) is 31.4 Å². The van der Waals surface area contributed by atoms with Crippen LogP contribution in [0, 0.1) is 0 Å². The van der Waals surface area contributed by atoms with Crippen LogP contribution in [0.25, 0.3) is 10.7 Å². The van der Waals surface area contributed by atoms with E-state index in [2.05, 4.69) is 9.93 Å². The van der Waals surface area contributed by atoms with Crippen molar-refractivity contribution >= 4 is 44.6 Å². The lowest BCUT2D eigenvalue weighted by Gasteiger charge is -2.34. The molecule has 14 heteroatoms. The Morgan fingerprint density at radius 1 is 1.26 bits per heavy atom. The van der Waals surface area contributed by atoms with Gasteiger partial charge in [0.15, 0.2) is 16.7 Å². The van der Waals surface area contributed by atoms with Crippen LogP contribution in [-0.2, 0) is 26.8 Å². The summed E-state index contributed by atoms with van der Waals surface area (Å²) in [5, 5.41) is 10.8. The molecular formula is C20H17ClF5N3O4S. The lowest BCUT2D eigenvalue weighted by molar-refractivity contribution is -0.364. The third-order valence-electron chi connectivity index (χ3n) is 5.24. The van der Waals surface area contributed by atoms with E-state index in [0.29, 0.717) is 0 Å². The van der Waals surface area contributed by atoms with E-state index in [1.54, 1.807) is 0 Å². The van der Waals surface area contributed by atoms with Crippen LogP contribution in [-0.4, -0.2) is 53.6 Å². The van der Waals surface area contributed by atoms with Gasteiger partial charge in [0.05, 0.1) is 36.7 Å². The number of halogens is 6. The molecule has 1 aromatic heterocycles. The summed E-state index contributed by atoms with van der Waals surface area (Å²) in [7, 11) is -2.62. The number of anilines is 2. The van der Waals surface area contributed by atoms with Crippen molar-refractivity contribution in [2.24, 2.45) is 0 Å². The predicted molar refractivity (Wildman–Crippen MR) is 116 cm³/mol. The van der Waals surface area contributed by atoms with Crippen molar-refractivity contribution in [3.63, 3.8) is 0 Å². The molecule has 184 valence electrons. The molecule has 1 N–H and O–H groups in total. The number of aromatic nitrogens is 1. The van der Waals surface area contributed by atoms with Gasteiger partial charge in [0, 0.05) is 29.9 Å². The zero-order valence-electron chi connectivity index (χ0n) is 17.2. The molecule has 1 unspecified atom stereocenters. The van der Waals surface area contributed by atoms with Crippen LogP contribution >= 0.6 is 11.6 Å². The first-order valence-corrected chi connectivity index (χ1v) is 11.3. The van der Waals surface area contributed by atoms with E-state index in [1.807, 2.05) is 0 Å². The van der Waals surface area contributed by atoms with Gasteiger partial charge in [-0.05, 0) is 28.8 Å². The fraction of sp³-hybridized carbons (Fsp3) is 0.350. The molecule has 1 fully saturated rings. The highest BCUT2D eigenvalue weighted by Gasteiger charge is 2.45. The summed E-state index contributed by atoms with van der Waals surface area (Å²) in [5.41, 5.74) is -2.32. The van der Waals surface area contributed by atoms with Crippen molar-refractivity contribution in [2.75, 3.05) is 42.1 Å². The van der Waals surface area contributed by atoms with Crippen molar-refractivity contribution in [3.05, 3.63) is 52.3 Å². The maximum absolute atomic E-state index is 14.9. The summed E-state index contributed by atoms with van der Waals surface area (Å²) in [4.78, 5) is 7.66. The molecule has 1 aromatic carbocycles. The summed E-state index contributed by atoms with van der Waals surface area (Å²) >= 11 is 6.18. The van der Waals surface area contributed by atoms with Crippen molar-refractivity contribution in [3.8, 4) is 0 Å². The zero-order chi connectivity index (χ0) is 24.6. The van der Waals surface area contributed by atoms with E-state index in [1.165, 1.54) is 23.2 Å². The van der Waals surface area contributed by atoms with Gasteiger partial charge in [-0.15, -0.1) is 4.94 Å². The van der Waals surface area contributed by atoms with Crippen molar-refractivity contribution in [1.29, 1.82) is 0 Å². The molecule has 7 nitrogen and oxygen atoms in total. The van der Waals surface area contributed by atoms with Gasteiger partial charge in [-0.3, -0.25) is 9.29 Å². The number of aliphatic hydroxyl groups excluding tert-OH is 1. The molecule has 34 heavy (non-hydrogen) atoms. The second kappa shape index (κ2) is 9.64. The monoisotopic (exact) mass is 525 g/mol. The third-order valence-corrected chi connectivity index (χ3v) is 6.97. The molecule has 4 rings (SSSR count). The maximum atomic E-state index is 14.9. The molecule has 0 spiro atoms. The molecule has 2 aliphatic heterocycles. The number of benzene rings is 1. The van der Waals surface area contributed by atoms with Crippen molar-refractivity contribution in [2.45, 2.75) is 12.5 Å². The molecule has 2 aromatic rings. The minimum absolute atomic E-state index is 0.0899. The Balaban J connectivity index is 2.01. The molecule has 1 atom stereocenters. The van der Waals surface area contributed by atoms with Gasteiger partial charge >= 0.3 is 6.11 Å². The number of ether oxygens (including phenoxy) is 1. The molecule has 0 radical (unpaired) electrons. The van der Waals surface area contributed by atoms with Crippen molar-refractivity contribution < 1.29 is 41.1 Å². The molecule has 0 saturated carbocycles. The highest BCUT2D eigenvalue weighted by molar-refractivity contribution is 7.96. The summed E-state index contributed by atoms with van der Waals surface area (Å²) in [6.07, 6.45) is -6.29. The summed E-state index contributed by atoms with van der Waals surface area (Å²) in [5.74, 6) is -0.800. The minimum Gasteiger partial charge on any atom is -0.504 e. The topological polar surface area (TPSA) is 75.1 Å². The van der Waals surface area contributed by atoms with E-state index < -0.39 is 51.9 Å². The number of hydrogen-bond acceptors (Lipinski definition) is 6. The number of rotatable bonds is 6. The van der Waals surface area contributed by atoms with Gasteiger partial charge in [-0.2, -0.15) is 8.78 Å². The van der Waals surface area contributed by atoms with Crippen LogP contribution in [0.3, 0.4) is 0 Å². The van der Waals surface area contributed by atoms with Crippen LogP contribution in [0.5, 0.6) is 0 Å². The Bertz CT molecular complexity index is 1150. The van der Waals surface area contributed by atoms with Gasteiger partial charge < -0.3 is 14.7 Å². The minimum atomic E-state index is -4.57. The standard InChI is InChI=1S/C20H17ClF5N3O4S/c21-11-8-12(16(20(24,25)33-26)14(9-11)28-4-6-32-7-5-28)19-18(30)17-13(2-1-3-27-17)29(34(19)31)10-15(22)23/h1-3,8-9,15,30H,4-7,10H2. The fourth-order valence-electron chi connectivity index (χ4n) is 3.85. The fourth-order valence-corrected chi connectivity index (χ4v) is 5.47. The number of nitrogens with zero attached hydrogens (tertiary/aromatic N) is 3. The molecule has 0 amide bonds. The van der Waals surface area contributed by atoms with Gasteiger partial charge in [0.25, 0.3) is 6.43 Å². The first-order valence-electron chi connectivity index (χ1n) is 9.86. The number of morpholine rings is 1. The largest absolute Gasteiger partial charge is 0.504 e. The molecule has 0 bridgehead atoms. The van der Waals surface area contributed by atoms with Crippen LogP contribution in [0.4, 0.5) is 33.5 Å². The SMILES string of the molecule is O=S1C(c2cc(Cl)cc(N3CCOCC3)c2C(F)(F)OF)=C(O)c2ncccc2N1CC(F)F. The van der Waals surface area contributed by atoms with E-state index >= 15 is 0 Å². The van der Waals surface area contributed by atoms with Crippen LogP contribution in [0.1, 0.15) is 16.8 Å². The van der Waals surface area contributed by atoms with E-state index in [0.717, 1.165) is 16.4 Å². The number of fused-ring (bicyclic) bond motifs is 1. The summed E-state index contributed by atoms with van der Waals surface area (Å²) in [6.45, 7) is -0.397. The van der Waals surface area contributed by atoms with E-state index in [4.69, 9.17) is 16.3 Å². The molecule has 0 aliphatic carbocycles. The highest BCUT2D eigenvalue weighted by Crippen LogP contribution is 2.48. The average Bonchev–Trinajstić information content (AvgIpc) is 2.81. The Kier molecular flexibility index (Phi) is 6.99. The second-order valence-corrected chi connectivity index (χ2v) is 9.07. The first-order chi connectivity index (χ1) is 16.2. The van der Waals surface area contributed by atoms with Crippen LogP contribution in [0.15, 0.2) is 30.5 Å². The van der Waals surface area contributed by atoms with Crippen LogP contribution in [0.2, 0.25) is 5.02 Å². The summed E-state index contributed by atoms with van der Waals surface area (Å²) in [6, 6.07) is 4.75. The predicted octanol–water partition coefficient (Wildman–Crippen LogP) is 4.65. The summed E-state index contributed by atoms with van der Waals surface area (Å²) < 4.78 is 88.8. The lowest BCUT2D eigenvalue weighted by atomic mass is 10.0. The van der Waals surface area contributed by atoms with Gasteiger partial charge in [-0.25, -0.2) is 13.0 Å². The van der Waals surface area contributed by atoms with Gasteiger partial charge in [0.1, 0.15) is 10.6 Å². The second-order valence-electron chi connectivity index (χ2n) is 7.29. The highest BCUT2D eigenvalue weighted by atomic mass is 35.5. The lowest BCUT2D eigenvalue weighted by Crippen LogP contribution is -2.38. The van der Waals surface area contributed by atoms with Crippen molar-refractivity contribution in [1.82, 2.24) is 4.98 Å². The molecular weight excluding hydrogens is 509 g/mol. The smallest absolute Gasteiger partial charge is 0.415 e. The first kappa shape index (κ1) is 24.6. The Morgan fingerprint density at radius 3 is 2.62 bits per heavy atom. The Morgan fingerprint density at radius 2 is 1.97 bits per heavy atom. The van der Waals surface area contributed by atoms with Gasteiger partial charge in [0.2, 0.25) is 0 Å². The third kappa shape index (κ3) is 4.44. The number of alkyl halides is 4. The number of aliphatic hydroxyl groups is 1. The quantitative estimate of drug-likeness (QED) is 0.553. The Labute approximate surface area is 197 Å². The normalized spacial score (nSPS) is 19.1. The molecule has 1 saturated heterocycles. The molecule has 3 heterocycles.